The van der Waals surface area contributed by atoms with Gasteiger partial charge in [-0.25, -0.2) is 0 Å². The topological polar surface area (TPSA) is 71.0 Å². The van der Waals surface area contributed by atoms with Crippen LogP contribution in [0.2, 0.25) is 0 Å². The predicted molar refractivity (Wildman–Crippen MR) is 104 cm³/mol. The first-order valence-corrected chi connectivity index (χ1v) is 9.88. The van der Waals surface area contributed by atoms with E-state index < -0.39 is 5.60 Å². The number of benzene rings is 1. The van der Waals surface area contributed by atoms with Crippen molar-refractivity contribution in [2.75, 3.05) is 33.4 Å². The third-order valence-corrected chi connectivity index (χ3v) is 5.82. The monoisotopic (exact) mass is 376 g/mol. The quantitative estimate of drug-likeness (QED) is 0.796. The fourth-order valence-corrected chi connectivity index (χ4v) is 4.12. The van der Waals surface area contributed by atoms with E-state index >= 15 is 0 Å². The second-order valence-electron chi connectivity index (χ2n) is 8.17. The molecule has 27 heavy (non-hydrogen) atoms. The number of carbonyl (C=O) groups excluding carboxylic acids is 1. The van der Waals surface area contributed by atoms with Gasteiger partial charge in [0.2, 0.25) is 5.91 Å². The lowest BCUT2D eigenvalue weighted by Gasteiger charge is -2.48. The number of hydrogen-bond acceptors (Lipinski definition) is 5. The minimum absolute atomic E-state index is 0.0722. The number of nitrogens with one attached hydrogen (secondary N) is 1. The van der Waals surface area contributed by atoms with Crippen LogP contribution in [-0.2, 0) is 16.1 Å². The van der Waals surface area contributed by atoms with Gasteiger partial charge in [0.05, 0.1) is 24.9 Å². The van der Waals surface area contributed by atoms with Crippen molar-refractivity contribution < 1.29 is 19.4 Å². The first-order chi connectivity index (χ1) is 12.9. The Balaban J connectivity index is 1.36. The molecule has 2 fully saturated rings. The average molecular weight is 376 g/mol. The number of aliphatic hydroxyl groups is 1. The van der Waals surface area contributed by atoms with Crippen molar-refractivity contribution in [1.82, 2.24) is 10.2 Å². The molecule has 1 unspecified atom stereocenters. The molecule has 1 aromatic rings. The summed E-state index contributed by atoms with van der Waals surface area (Å²) in [6.07, 6.45) is 3.79. The number of likely N-dealkylation sites (tertiary alicyclic amines) is 1. The maximum absolute atomic E-state index is 12.1. The summed E-state index contributed by atoms with van der Waals surface area (Å²) in [5.41, 5.74) is 0.280. The van der Waals surface area contributed by atoms with Gasteiger partial charge < -0.3 is 24.8 Å². The second kappa shape index (κ2) is 8.59. The van der Waals surface area contributed by atoms with Crippen molar-refractivity contribution in [3.63, 3.8) is 0 Å². The van der Waals surface area contributed by atoms with Crippen LogP contribution in [0, 0.1) is 0 Å². The van der Waals surface area contributed by atoms with E-state index in [1.165, 1.54) is 0 Å². The van der Waals surface area contributed by atoms with Gasteiger partial charge in [0.1, 0.15) is 5.75 Å². The number of piperidine rings is 1. The Hall–Kier alpha value is -1.63. The lowest BCUT2D eigenvalue weighted by Crippen LogP contribution is -2.53. The van der Waals surface area contributed by atoms with E-state index in [1.54, 1.807) is 7.11 Å². The molecule has 6 heteroatoms. The highest BCUT2D eigenvalue weighted by Crippen LogP contribution is 2.39. The summed E-state index contributed by atoms with van der Waals surface area (Å²) >= 11 is 0. The van der Waals surface area contributed by atoms with E-state index in [0.717, 1.165) is 50.2 Å². The first-order valence-electron chi connectivity index (χ1n) is 9.88. The molecule has 2 saturated heterocycles. The van der Waals surface area contributed by atoms with Crippen molar-refractivity contribution >= 4 is 5.91 Å². The van der Waals surface area contributed by atoms with E-state index in [0.29, 0.717) is 26.0 Å². The van der Waals surface area contributed by atoms with Crippen LogP contribution in [0.4, 0.5) is 0 Å². The smallest absolute Gasteiger partial charge is 0.221 e. The second-order valence-corrected chi connectivity index (χ2v) is 8.17. The molecule has 3 rings (SSSR count). The zero-order chi connectivity index (χ0) is 19.3. The van der Waals surface area contributed by atoms with Crippen molar-refractivity contribution in [3.8, 4) is 5.75 Å². The summed E-state index contributed by atoms with van der Waals surface area (Å²) in [5.74, 6) is 0.888. The molecule has 0 radical (unpaired) electrons. The summed E-state index contributed by atoms with van der Waals surface area (Å²) in [6, 6.07) is 7.72. The molecule has 1 amide bonds. The molecule has 0 aliphatic carbocycles. The molecule has 2 N–H and O–H groups in total. The van der Waals surface area contributed by atoms with Crippen LogP contribution in [-0.4, -0.2) is 60.5 Å². The highest BCUT2D eigenvalue weighted by molar-refractivity contribution is 5.76. The normalized spacial score (nSPS) is 25.3. The minimum Gasteiger partial charge on any atom is -0.497 e. The van der Waals surface area contributed by atoms with Crippen molar-refractivity contribution in [2.45, 2.75) is 56.8 Å². The number of amides is 1. The van der Waals surface area contributed by atoms with Crippen molar-refractivity contribution in [2.24, 2.45) is 0 Å². The van der Waals surface area contributed by atoms with Gasteiger partial charge in [0, 0.05) is 39.0 Å². The van der Waals surface area contributed by atoms with Crippen molar-refractivity contribution in [1.29, 1.82) is 0 Å². The Morgan fingerprint density at radius 1 is 1.26 bits per heavy atom. The fraction of sp³-hybridized carbons (Fsp3) is 0.667. The number of methoxy groups -OCH3 is 1. The summed E-state index contributed by atoms with van der Waals surface area (Å²) in [5, 5.41) is 13.3. The summed E-state index contributed by atoms with van der Waals surface area (Å²) in [4.78, 5) is 14.5. The molecule has 2 aliphatic heterocycles. The van der Waals surface area contributed by atoms with E-state index in [2.05, 4.69) is 10.2 Å². The lowest BCUT2D eigenvalue weighted by molar-refractivity contribution is -0.172. The van der Waals surface area contributed by atoms with Gasteiger partial charge in [-0.1, -0.05) is 12.1 Å². The predicted octanol–water partition coefficient (Wildman–Crippen LogP) is 2.10. The zero-order valence-corrected chi connectivity index (χ0v) is 16.5. The molecule has 0 saturated carbocycles. The Morgan fingerprint density at radius 3 is 2.59 bits per heavy atom. The zero-order valence-electron chi connectivity index (χ0n) is 16.5. The van der Waals surface area contributed by atoms with Gasteiger partial charge in [0.15, 0.2) is 0 Å². The SMILES string of the molecule is COc1ccc(CNC(=O)CCN2CCC3(CC2)CC(C)(O)CCO3)cc1. The van der Waals surface area contributed by atoms with Gasteiger partial charge in [-0.15, -0.1) is 0 Å². The largest absolute Gasteiger partial charge is 0.497 e. The molecule has 2 heterocycles. The molecule has 1 spiro atoms. The highest BCUT2D eigenvalue weighted by atomic mass is 16.5. The van der Waals surface area contributed by atoms with E-state index in [4.69, 9.17) is 9.47 Å². The molecule has 1 atom stereocenters. The molecule has 150 valence electrons. The highest BCUT2D eigenvalue weighted by Gasteiger charge is 2.44. The van der Waals surface area contributed by atoms with Gasteiger partial charge in [-0.05, 0) is 43.9 Å². The molecular formula is C21H32N2O4. The fourth-order valence-electron chi connectivity index (χ4n) is 4.12. The molecule has 6 nitrogen and oxygen atoms in total. The number of ether oxygens (including phenoxy) is 2. The van der Waals surface area contributed by atoms with E-state index in [-0.39, 0.29) is 11.5 Å². The molecular weight excluding hydrogens is 344 g/mol. The summed E-state index contributed by atoms with van der Waals surface area (Å²) in [6.45, 7) is 5.69. The van der Waals surface area contributed by atoms with Crippen LogP contribution >= 0.6 is 0 Å². The number of hydrogen-bond donors (Lipinski definition) is 2. The van der Waals surface area contributed by atoms with Crippen LogP contribution < -0.4 is 10.1 Å². The first kappa shape index (κ1) is 20.1. The van der Waals surface area contributed by atoms with Crippen LogP contribution in [0.25, 0.3) is 0 Å². The van der Waals surface area contributed by atoms with Crippen molar-refractivity contribution in [3.05, 3.63) is 29.8 Å². The molecule has 2 aliphatic rings. The lowest BCUT2D eigenvalue weighted by atomic mass is 9.78. The Kier molecular flexibility index (Phi) is 6.40. The average Bonchev–Trinajstić information content (AvgIpc) is 2.65. The maximum Gasteiger partial charge on any atom is 0.221 e. The van der Waals surface area contributed by atoms with Crippen LogP contribution in [0.1, 0.15) is 44.6 Å². The standard InChI is InChI=1S/C21H32N2O4/c1-20(25)10-14-27-21(16-20)8-12-23(13-9-21)11-7-19(24)22-15-17-3-5-18(26-2)6-4-17/h3-6,25H,7-16H2,1-2H3,(H,22,24). The van der Waals surface area contributed by atoms with Crippen LogP contribution in [0.15, 0.2) is 24.3 Å². The maximum atomic E-state index is 12.1. The van der Waals surface area contributed by atoms with Crippen LogP contribution in [0.5, 0.6) is 5.75 Å². The third kappa shape index (κ3) is 5.67. The van der Waals surface area contributed by atoms with Gasteiger partial charge >= 0.3 is 0 Å². The summed E-state index contributed by atoms with van der Waals surface area (Å²) in [7, 11) is 1.64. The Bertz CT molecular complexity index is 622. The Morgan fingerprint density at radius 2 is 1.96 bits per heavy atom. The van der Waals surface area contributed by atoms with E-state index in [9.17, 15) is 9.90 Å². The van der Waals surface area contributed by atoms with Crippen LogP contribution in [0.3, 0.4) is 0 Å². The van der Waals surface area contributed by atoms with Gasteiger partial charge in [-0.3, -0.25) is 4.79 Å². The van der Waals surface area contributed by atoms with Gasteiger partial charge in [0.25, 0.3) is 0 Å². The van der Waals surface area contributed by atoms with E-state index in [1.807, 2.05) is 31.2 Å². The third-order valence-electron chi connectivity index (χ3n) is 5.82. The molecule has 0 aromatic heterocycles. The molecule has 1 aromatic carbocycles. The van der Waals surface area contributed by atoms with Gasteiger partial charge in [-0.2, -0.15) is 0 Å². The Labute approximate surface area is 161 Å². The molecule has 0 bridgehead atoms. The number of carbonyl (C=O) groups is 1. The number of rotatable bonds is 6. The summed E-state index contributed by atoms with van der Waals surface area (Å²) < 4.78 is 11.2. The number of nitrogens with zero attached hydrogens (tertiary/aromatic N) is 1. The minimum atomic E-state index is -0.609.